The minimum absolute atomic E-state index is 0.134. The molecule has 1 aromatic carbocycles. The predicted octanol–water partition coefficient (Wildman–Crippen LogP) is 2.01. The molecule has 108 valence electrons. The van der Waals surface area contributed by atoms with E-state index in [1.165, 1.54) is 10.9 Å². The molecule has 6 nitrogen and oxygen atoms in total. The number of aryl methyl sites for hydroxylation is 2. The van der Waals surface area contributed by atoms with E-state index in [-0.39, 0.29) is 11.4 Å². The van der Waals surface area contributed by atoms with Gasteiger partial charge in [-0.15, -0.1) is 0 Å². The lowest BCUT2D eigenvalue weighted by Crippen LogP contribution is -2.15. The Morgan fingerprint density at radius 1 is 1.45 bits per heavy atom. The van der Waals surface area contributed by atoms with E-state index in [0.29, 0.717) is 10.2 Å². The van der Waals surface area contributed by atoms with E-state index < -0.39 is 20.7 Å². The van der Waals surface area contributed by atoms with Crippen LogP contribution in [0, 0.1) is 12.7 Å². The van der Waals surface area contributed by atoms with Gasteiger partial charge >= 0.3 is 0 Å². The standard InChI is InChI=1S/C11H12BrFN4O2S/c1-6-10(5-17(2)15-6)16-20(18,19)11-4-9(14)7(12)3-8(11)13/h3-5,16H,14H2,1-2H3. The zero-order chi connectivity index (χ0) is 15.1. The number of halogens is 2. The minimum atomic E-state index is -4.07. The number of rotatable bonds is 3. The van der Waals surface area contributed by atoms with Gasteiger partial charge in [-0.3, -0.25) is 9.40 Å². The van der Waals surface area contributed by atoms with Gasteiger partial charge in [-0.2, -0.15) is 5.10 Å². The van der Waals surface area contributed by atoms with Crippen molar-refractivity contribution >= 4 is 37.3 Å². The van der Waals surface area contributed by atoms with Gasteiger partial charge in [0.1, 0.15) is 10.7 Å². The van der Waals surface area contributed by atoms with E-state index in [9.17, 15) is 12.8 Å². The van der Waals surface area contributed by atoms with Gasteiger partial charge in [-0.1, -0.05) is 0 Å². The molecule has 0 atom stereocenters. The van der Waals surface area contributed by atoms with Crippen LogP contribution in [0.25, 0.3) is 0 Å². The smallest absolute Gasteiger partial charge is 0.265 e. The van der Waals surface area contributed by atoms with E-state index in [1.54, 1.807) is 14.0 Å². The van der Waals surface area contributed by atoms with Crippen molar-refractivity contribution < 1.29 is 12.8 Å². The van der Waals surface area contributed by atoms with Gasteiger partial charge in [0.25, 0.3) is 10.0 Å². The molecule has 0 saturated carbocycles. The van der Waals surface area contributed by atoms with Crippen molar-refractivity contribution in [3.63, 3.8) is 0 Å². The van der Waals surface area contributed by atoms with Crippen LogP contribution in [-0.4, -0.2) is 18.2 Å². The van der Waals surface area contributed by atoms with E-state index >= 15 is 0 Å². The molecule has 0 unspecified atom stereocenters. The first-order valence-corrected chi connectivity index (χ1v) is 7.76. The number of benzene rings is 1. The third kappa shape index (κ3) is 2.78. The first-order chi connectivity index (χ1) is 9.20. The van der Waals surface area contributed by atoms with Gasteiger partial charge in [-0.25, -0.2) is 12.8 Å². The number of anilines is 2. The number of sulfonamides is 1. The fourth-order valence-corrected chi connectivity index (χ4v) is 3.16. The molecule has 0 amide bonds. The summed E-state index contributed by atoms with van der Waals surface area (Å²) in [5, 5.41) is 4.01. The summed E-state index contributed by atoms with van der Waals surface area (Å²) in [5.74, 6) is -0.889. The molecule has 0 radical (unpaired) electrons. The summed E-state index contributed by atoms with van der Waals surface area (Å²) in [6.07, 6.45) is 1.49. The summed E-state index contributed by atoms with van der Waals surface area (Å²) in [6.45, 7) is 1.64. The van der Waals surface area contributed by atoms with E-state index in [1.807, 2.05) is 0 Å². The Morgan fingerprint density at radius 3 is 2.65 bits per heavy atom. The molecule has 0 aliphatic carbocycles. The Hall–Kier alpha value is -1.61. The van der Waals surface area contributed by atoms with Crippen LogP contribution in [0.5, 0.6) is 0 Å². The number of nitrogen functional groups attached to an aromatic ring is 1. The second kappa shape index (κ2) is 5.06. The Bertz CT molecular complexity index is 773. The summed E-state index contributed by atoms with van der Waals surface area (Å²) in [4.78, 5) is -0.513. The summed E-state index contributed by atoms with van der Waals surface area (Å²) >= 11 is 3.04. The molecule has 9 heteroatoms. The molecule has 0 bridgehead atoms. The van der Waals surface area contributed by atoms with Crippen LogP contribution in [0.4, 0.5) is 15.8 Å². The Morgan fingerprint density at radius 2 is 2.10 bits per heavy atom. The molecule has 0 aliphatic heterocycles. The molecule has 3 N–H and O–H groups in total. The highest BCUT2D eigenvalue weighted by molar-refractivity contribution is 9.10. The summed E-state index contributed by atoms with van der Waals surface area (Å²) in [7, 11) is -2.42. The molecular formula is C11H12BrFN4O2S. The van der Waals surface area contributed by atoms with Crippen molar-refractivity contribution in [3.8, 4) is 0 Å². The van der Waals surface area contributed by atoms with Crippen LogP contribution in [0.2, 0.25) is 0 Å². The van der Waals surface area contributed by atoms with Crippen molar-refractivity contribution in [2.24, 2.45) is 7.05 Å². The summed E-state index contributed by atoms with van der Waals surface area (Å²) in [6, 6.07) is 2.08. The van der Waals surface area contributed by atoms with E-state index in [0.717, 1.165) is 12.1 Å². The first kappa shape index (κ1) is 14.8. The Labute approximate surface area is 124 Å². The highest BCUT2D eigenvalue weighted by Crippen LogP contribution is 2.27. The van der Waals surface area contributed by atoms with Gasteiger partial charge in [0.05, 0.1) is 11.4 Å². The maximum atomic E-state index is 13.8. The largest absolute Gasteiger partial charge is 0.398 e. The predicted molar refractivity (Wildman–Crippen MR) is 77.3 cm³/mol. The highest BCUT2D eigenvalue weighted by Gasteiger charge is 2.22. The molecule has 0 spiro atoms. The van der Waals surface area contributed by atoms with Gasteiger partial charge in [-0.05, 0) is 35.0 Å². The lowest BCUT2D eigenvalue weighted by Gasteiger charge is -2.09. The topological polar surface area (TPSA) is 90.0 Å². The number of hydrogen-bond acceptors (Lipinski definition) is 4. The number of nitrogens with zero attached hydrogens (tertiary/aromatic N) is 2. The summed E-state index contributed by atoms with van der Waals surface area (Å²) < 4.78 is 42.2. The molecule has 20 heavy (non-hydrogen) atoms. The monoisotopic (exact) mass is 362 g/mol. The normalized spacial score (nSPS) is 11.6. The van der Waals surface area contributed by atoms with Crippen molar-refractivity contribution in [3.05, 3.63) is 34.3 Å². The maximum Gasteiger partial charge on any atom is 0.265 e. The van der Waals surface area contributed by atoms with E-state index in [2.05, 4.69) is 25.8 Å². The Balaban J connectivity index is 2.46. The van der Waals surface area contributed by atoms with E-state index in [4.69, 9.17) is 5.73 Å². The van der Waals surface area contributed by atoms with Gasteiger partial charge in [0, 0.05) is 23.4 Å². The average molecular weight is 363 g/mol. The third-order valence-corrected chi connectivity index (χ3v) is 4.67. The molecule has 1 heterocycles. The van der Waals surface area contributed by atoms with Gasteiger partial charge < -0.3 is 5.73 Å². The molecule has 2 aromatic rings. The fraction of sp³-hybridized carbons (Fsp3) is 0.182. The number of nitrogens with two attached hydrogens (primary N) is 1. The van der Waals surface area contributed by atoms with Crippen LogP contribution < -0.4 is 10.5 Å². The number of nitrogens with one attached hydrogen (secondary N) is 1. The van der Waals surface area contributed by atoms with Crippen LogP contribution in [0.3, 0.4) is 0 Å². The molecular weight excluding hydrogens is 351 g/mol. The first-order valence-electron chi connectivity index (χ1n) is 5.48. The second-order valence-corrected chi connectivity index (χ2v) is 6.72. The van der Waals surface area contributed by atoms with Crippen molar-refractivity contribution in [1.82, 2.24) is 9.78 Å². The summed E-state index contributed by atoms with van der Waals surface area (Å²) in [5.41, 5.74) is 6.50. The van der Waals surface area contributed by atoms with Crippen LogP contribution in [-0.2, 0) is 17.1 Å². The van der Waals surface area contributed by atoms with Crippen LogP contribution in [0.1, 0.15) is 5.69 Å². The second-order valence-electron chi connectivity index (χ2n) is 4.21. The lowest BCUT2D eigenvalue weighted by atomic mass is 10.3. The molecule has 0 saturated heterocycles. The fourth-order valence-electron chi connectivity index (χ4n) is 1.65. The van der Waals surface area contributed by atoms with Crippen LogP contribution >= 0.6 is 15.9 Å². The van der Waals surface area contributed by atoms with Gasteiger partial charge in [0.15, 0.2) is 0 Å². The van der Waals surface area contributed by atoms with Crippen molar-refractivity contribution in [2.75, 3.05) is 10.5 Å². The average Bonchev–Trinajstić information content (AvgIpc) is 2.61. The quantitative estimate of drug-likeness (QED) is 0.817. The Kier molecular flexibility index (Phi) is 3.74. The SMILES string of the molecule is Cc1nn(C)cc1NS(=O)(=O)c1cc(N)c(Br)cc1F. The minimum Gasteiger partial charge on any atom is -0.398 e. The molecule has 0 aliphatic rings. The lowest BCUT2D eigenvalue weighted by molar-refractivity contribution is 0.570. The zero-order valence-electron chi connectivity index (χ0n) is 10.7. The molecule has 0 fully saturated rings. The maximum absolute atomic E-state index is 13.8. The third-order valence-electron chi connectivity index (χ3n) is 2.60. The molecule has 1 aromatic heterocycles. The molecule has 2 rings (SSSR count). The number of aromatic nitrogens is 2. The van der Waals surface area contributed by atoms with Gasteiger partial charge in [0.2, 0.25) is 0 Å². The highest BCUT2D eigenvalue weighted by atomic mass is 79.9. The van der Waals surface area contributed by atoms with Crippen molar-refractivity contribution in [1.29, 1.82) is 0 Å². The van der Waals surface area contributed by atoms with Crippen LogP contribution in [0.15, 0.2) is 27.7 Å². The number of hydrogen-bond donors (Lipinski definition) is 2. The zero-order valence-corrected chi connectivity index (χ0v) is 13.1. The van der Waals surface area contributed by atoms with Crippen molar-refractivity contribution in [2.45, 2.75) is 11.8 Å².